The first-order valence-electron chi connectivity index (χ1n) is 5.09. The summed E-state index contributed by atoms with van der Waals surface area (Å²) in [6, 6.07) is 3.15. The zero-order valence-electron chi connectivity index (χ0n) is 9.58. The molecule has 0 aliphatic heterocycles. The molecule has 2 rings (SSSR count). The van der Waals surface area contributed by atoms with Gasteiger partial charge >= 0.3 is 0 Å². The molecule has 0 fully saturated rings. The van der Waals surface area contributed by atoms with Crippen molar-refractivity contribution in [1.29, 1.82) is 0 Å². The predicted molar refractivity (Wildman–Crippen MR) is 56.4 cm³/mol. The van der Waals surface area contributed by atoms with Gasteiger partial charge in [0.1, 0.15) is 12.4 Å². The molecule has 18 heavy (non-hydrogen) atoms. The number of aromatic nitrogens is 2. The van der Waals surface area contributed by atoms with E-state index in [0.29, 0.717) is 0 Å². The highest BCUT2D eigenvalue weighted by atomic mass is 79.9. The Morgan fingerprint density at radius 2 is 2.06 bits per heavy atom. The maximum absolute atomic E-state index is 13.0. The Labute approximate surface area is 113 Å². The van der Waals surface area contributed by atoms with E-state index in [9.17, 15) is 13.6 Å². The number of hydrogen-bond acceptors (Lipinski definition) is 1. The lowest BCUT2D eigenvalue weighted by atomic mass is 10.1. The molecule has 2 aromatic rings. The maximum Gasteiger partial charge on any atom is 0.251 e. The minimum absolute atomic E-state index is 0. The van der Waals surface area contributed by atoms with E-state index in [0.717, 1.165) is 18.0 Å². The first-order valence-corrected chi connectivity index (χ1v) is 5.09. The average molecular weight is 317 g/mol. The number of Topliss-reactive ketones (excluding diaryl/α,β-unsaturated/α-hetero) is 1. The van der Waals surface area contributed by atoms with Gasteiger partial charge in [0.15, 0.2) is 18.2 Å². The van der Waals surface area contributed by atoms with Gasteiger partial charge in [0.25, 0.3) is 5.82 Å². The van der Waals surface area contributed by atoms with E-state index < -0.39 is 11.6 Å². The number of rotatable bonds is 3. The Bertz CT molecular complexity index is 569. The SMILES string of the molecule is Cc1[nH]cc[n+]1CC(=O)c1ccc(F)c(F)c1.[Br-]. The fraction of sp³-hybridized carbons (Fsp3) is 0.167. The standard InChI is InChI=1S/C12H10F2N2O.BrH/c1-8-15-4-5-16(8)7-12(17)9-2-3-10(13)11(14)6-9;/h2-6H,7H2,1H3;1H. The Balaban J connectivity index is 0.00000162. The smallest absolute Gasteiger partial charge is 0.251 e. The largest absolute Gasteiger partial charge is 1.00 e. The van der Waals surface area contributed by atoms with Crippen LogP contribution < -0.4 is 21.5 Å². The van der Waals surface area contributed by atoms with Gasteiger partial charge in [0.2, 0.25) is 5.78 Å². The van der Waals surface area contributed by atoms with Crippen LogP contribution in [0.2, 0.25) is 0 Å². The van der Waals surface area contributed by atoms with Crippen LogP contribution in [0.15, 0.2) is 30.6 Å². The van der Waals surface area contributed by atoms with Crippen molar-refractivity contribution in [2.45, 2.75) is 13.5 Å². The second-order valence-corrected chi connectivity index (χ2v) is 3.73. The van der Waals surface area contributed by atoms with Gasteiger partial charge in [-0.15, -0.1) is 0 Å². The molecule has 6 heteroatoms. The molecule has 0 saturated carbocycles. The van der Waals surface area contributed by atoms with Gasteiger partial charge in [-0.3, -0.25) is 4.79 Å². The number of aryl methyl sites for hydroxylation is 1. The highest BCUT2D eigenvalue weighted by Crippen LogP contribution is 2.09. The van der Waals surface area contributed by atoms with Crippen molar-refractivity contribution in [3.05, 3.63) is 53.6 Å². The number of aromatic amines is 1. The number of nitrogens with zero attached hydrogens (tertiary/aromatic N) is 1. The molecule has 1 N–H and O–H groups in total. The number of nitrogens with one attached hydrogen (secondary N) is 1. The monoisotopic (exact) mass is 316 g/mol. The van der Waals surface area contributed by atoms with E-state index in [4.69, 9.17) is 0 Å². The molecule has 96 valence electrons. The van der Waals surface area contributed by atoms with Crippen molar-refractivity contribution >= 4 is 5.78 Å². The van der Waals surface area contributed by atoms with Crippen LogP contribution >= 0.6 is 0 Å². The van der Waals surface area contributed by atoms with Crippen molar-refractivity contribution in [2.24, 2.45) is 0 Å². The maximum atomic E-state index is 13.0. The van der Waals surface area contributed by atoms with Gasteiger partial charge in [-0.2, -0.15) is 0 Å². The zero-order chi connectivity index (χ0) is 12.4. The molecule has 0 atom stereocenters. The molecule has 0 amide bonds. The molecular weight excluding hydrogens is 306 g/mol. The van der Waals surface area contributed by atoms with Crippen LogP contribution in [-0.2, 0) is 6.54 Å². The van der Waals surface area contributed by atoms with E-state index >= 15 is 0 Å². The summed E-state index contributed by atoms with van der Waals surface area (Å²) in [7, 11) is 0. The van der Waals surface area contributed by atoms with Crippen LogP contribution in [0.3, 0.4) is 0 Å². The number of H-pyrrole nitrogens is 1. The summed E-state index contributed by atoms with van der Waals surface area (Å²) in [6.45, 7) is 1.92. The molecule has 1 aromatic carbocycles. The topological polar surface area (TPSA) is 36.7 Å². The van der Waals surface area contributed by atoms with E-state index in [2.05, 4.69) is 4.98 Å². The van der Waals surface area contributed by atoms with Gasteiger partial charge < -0.3 is 17.0 Å². The van der Waals surface area contributed by atoms with Gasteiger partial charge in [0.05, 0.1) is 0 Å². The van der Waals surface area contributed by atoms with Crippen LogP contribution in [0.5, 0.6) is 0 Å². The first-order chi connectivity index (χ1) is 8.08. The van der Waals surface area contributed by atoms with Crippen LogP contribution in [0.25, 0.3) is 0 Å². The van der Waals surface area contributed by atoms with Gasteiger partial charge in [-0.1, -0.05) is 0 Å². The van der Waals surface area contributed by atoms with Crippen molar-refractivity contribution in [3.63, 3.8) is 0 Å². The lowest BCUT2D eigenvalue weighted by Gasteiger charge is -2.00. The zero-order valence-corrected chi connectivity index (χ0v) is 11.2. The van der Waals surface area contributed by atoms with Crippen LogP contribution in [0.4, 0.5) is 8.78 Å². The third-order valence-electron chi connectivity index (χ3n) is 2.53. The van der Waals surface area contributed by atoms with Gasteiger partial charge in [0, 0.05) is 12.5 Å². The van der Waals surface area contributed by atoms with Crippen molar-refractivity contribution in [2.75, 3.05) is 0 Å². The average Bonchev–Trinajstić information content (AvgIpc) is 2.68. The van der Waals surface area contributed by atoms with E-state index in [1.165, 1.54) is 6.07 Å². The van der Waals surface area contributed by atoms with Gasteiger partial charge in [-0.05, 0) is 18.2 Å². The van der Waals surface area contributed by atoms with Crippen molar-refractivity contribution in [3.8, 4) is 0 Å². The Kier molecular flexibility index (Phi) is 4.72. The number of hydrogen-bond donors (Lipinski definition) is 1. The Morgan fingerprint density at radius 1 is 1.33 bits per heavy atom. The second-order valence-electron chi connectivity index (χ2n) is 3.73. The van der Waals surface area contributed by atoms with Crippen molar-refractivity contribution in [1.82, 2.24) is 4.98 Å². The molecule has 1 heterocycles. The summed E-state index contributed by atoms with van der Waals surface area (Å²) in [6.07, 6.45) is 3.42. The molecule has 0 aliphatic carbocycles. The summed E-state index contributed by atoms with van der Waals surface area (Å²) < 4.78 is 27.4. The predicted octanol–water partition coefficient (Wildman–Crippen LogP) is -1.22. The number of ketones is 1. The normalized spacial score (nSPS) is 9.94. The molecule has 0 unspecified atom stereocenters. The lowest BCUT2D eigenvalue weighted by Crippen LogP contribution is -3.00. The highest BCUT2D eigenvalue weighted by molar-refractivity contribution is 5.95. The number of imidazole rings is 1. The van der Waals surface area contributed by atoms with Crippen molar-refractivity contribution < 1.29 is 35.1 Å². The number of benzene rings is 1. The second kappa shape index (κ2) is 5.86. The number of carbonyl (C=O) groups excluding carboxylic acids is 1. The summed E-state index contributed by atoms with van der Waals surface area (Å²) in [5.74, 6) is -1.41. The minimum Gasteiger partial charge on any atom is -1.00 e. The number of halogens is 3. The summed E-state index contributed by atoms with van der Waals surface area (Å²) in [5.41, 5.74) is 0.164. The summed E-state index contributed by atoms with van der Waals surface area (Å²) in [4.78, 5) is 14.7. The molecule has 3 nitrogen and oxygen atoms in total. The van der Waals surface area contributed by atoms with E-state index in [1.54, 1.807) is 17.0 Å². The van der Waals surface area contributed by atoms with Crippen LogP contribution in [-0.4, -0.2) is 10.8 Å². The third kappa shape index (κ3) is 3.01. The molecular formula is C12H11BrF2N2O. The Hall–Kier alpha value is -1.56. The molecule has 0 saturated heterocycles. The fourth-order valence-electron chi connectivity index (χ4n) is 1.53. The Morgan fingerprint density at radius 3 is 2.61 bits per heavy atom. The quantitative estimate of drug-likeness (QED) is 0.559. The highest BCUT2D eigenvalue weighted by Gasteiger charge is 2.14. The summed E-state index contributed by atoms with van der Waals surface area (Å²) in [5, 5.41) is 0. The molecule has 0 aliphatic rings. The first kappa shape index (κ1) is 14.5. The molecule has 0 spiro atoms. The van der Waals surface area contributed by atoms with Crippen LogP contribution in [0.1, 0.15) is 16.2 Å². The molecule has 0 bridgehead atoms. The molecule has 1 aromatic heterocycles. The fourth-order valence-corrected chi connectivity index (χ4v) is 1.53. The summed E-state index contributed by atoms with van der Waals surface area (Å²) >= 11 is 0. The lowest BCUT2D eigenvalue weighted by molar-refractivity contribution is -0.687. The third-order valence-corrected chi connectivity index (χ3v) is 2.53. The van der Waals surface area contributed by atoms with Gasteiger partial charge in [-0.25, -0.2) is 18.3 Å². The number of carbonyl (C=O) groups is 1. The van der Waals surface area contributed by atoms with E-state index in [-0.39, 0.29) is 34.9 Å². The molecule has 0 radical (unpaired) electrons. The minimum atomic E-state index is -1.01. The van der Waals surface area contributed by atoms with E-state index in [1.807, 2.05) is 6.92 Å². The van der Waals surface area contributed by atoms with Crippen LogP contribution in [0, 0.1) is 18.6 Å².